The number of methoxy groups -OCH3 is 1. The monoisotopic (exact) mass is 415 g/mol. The number of carbonyl (C=O) groups excluding carboxylic acids is 1. The molecule has 0 spiro atoms. The van der Waals surface area contributed by atoms with Gasteiger partial charge in [0.05, 0.1) is 10.7 Å². The largest absolute Gasteiger partial charge is 0.573 e. The third-order valence-corrected chi connectivity index (χ3v) is 2.64. The van der Waals surface area contributed by atoms with Crippen LogP contribution in [0.1, 0.15) is 16.1 Å². The predicted octanol–water partition coefficient (Wildman–Crippen LogP) is 3.39. The number of hydrogen-bond acceptors (Lipinski definition) is 4. The molecule has 4 nitrogen and oxygen atoms in total. The van der Waals surface area contributed by atoms with Gasteiger partial charge in [-0.1, -0.05) is 0 Å². The van der Waals surface area contributed by atoms with E-state index in [1.54, 1.807) is 0 Å². The molecule has 0 fully saturated rings. The Labute approximate surface area is 121 Å². The number of halogens is 7. The zero-order valence-corrected chi connectivity index (χ0v) is 11.6. The van der Waals surface area contributed by atoms with Crippen molar-refractivity contribution in [2.24, 2.45) is 0 Å². The SMILES string of the molecule is COC(=O)c1ncc(I)c(OC(F)(F)F)c1C(F)(F)F. The van der Waals surface area contributed by atoms with Gasteiger partial charge in [-0.3, -0.25) is 0 Å². The van der Waals surface area contributed by atoms with Crippen LogP contribution in [0.2, 0.25) is 0 Å². The van der Waals surface area contributed by atoms with Gasteiger partial charge < -0.3 is 9.47 Å². The van der Waals surface area contributed by atoms with Gasteiger partial charge in [0.25, 0.3) is 0 Å². The van der Waals surface area contributed by atoms with Gasteiger partial charge in [0, 0.05) is 6.20 Å². The van der Waals surface area contributed by atoms with Crippen LogP contribution in [0, 0.1) is 3.57 Å². The van der Waals surface area contributed by atoms with Gasteiger partial charge >= 0.3 is 18.5 Å². The van der Waals surface area contributed by atoms with E-state index in [2.05, 4.69) is 14.5 Å². The Kier molecular flexibility index (Phi) is 4.71. The van der Waals surface area contributed by atoms with Gasteiger partial charge in [-0.2, -0.15) is 13.2 Å². The van der Waals surface area contributed by atoms with Gasteiger partial charge in [0.15, 0.2) is 11.4 Å². The summed E-state index contributed by atoms with van der Waals surface area (Å²) in [5.74, 6) is -3.07. The van der Waals surface area contributed by atoms with Crippen LogP contribution < -0.4 is 4.74 Å². The maximum Gasteiger partial charge on any atom is 0.573 e. The summed E-state index contributed by atoms with van der Waals surface area (Å²) < 4.78 is 82.0. The lowest BCUT2D eigenvalue weighted by Crippen LogP contribution is -2.24. The van der Waals surface area contributed by atoms with Gasteiger partial charge in [0.1, 0.15) is 5.56 Å². The molecule has 0 aliphatic rings. The Morgan fingerprint density at radius 2 is 1.80 bits per heavy atom. The van der Waals surface area contributed by atoms with Gasteiger partial charge in [-0.15, -0.1) is 13.2 Å². The number of hydrogen-bond donors (Lipinski definition) is 0. The summed E-state index contributed by atoms with van der Waals surface area (Å²) in [6.45, 7) is 0. The van der Waals surface area contributed by atoms with E-state index in [0.717, 1.165) is 7.11 Å². The smallest absolute Gasteiger partial charge is 0.464 e. The highest BCUT2D eigenvalue weighted by molar-refractivity contribution is 14.1. The van der Waals surface area contributed by atoms with Crippen LogP contribution in [-0.2, 0) is 10.9 Å². The molecule has 0 bridgehead atoms. The lowest BCUT2D eigenvalue weighted by Gasteiger charge is -2.18. The zero-order valence-electron chi connectivity index (χ0n) is 9.40. The van der Waals surface area contributed by atoms with Crippen molar-refractivity contribution in [3.63, 3.8) is 0 Å². The highest BCUT2D eigenvalue weighted by atomic mass is 127. The van der Waals surface area contributed by atoms with Crippen LogP contribution in [0.5, 0.6) is 5.75 Å². The van der Waals surface area contributed by atoms with E-state index in [1.807, 2.05) is 0 Å². The summed E-state index contributed by atoms with van der Waals surface area (Å²) in [5, 5.41) is 0. The van der Waals surface area contributed by atoms with E-state index in [4.69, 9.17) is 0 Å². The first-order valence-corrected chi connectivity index (χ1v) is 5.65. The van der Waals surface area contributed by atoms with Crippen molar-refractivity contribution in [3.05, 3.63) is 21.0 Å². The molecule has 0 unspecified atom stereocenters. The number of pyridine rings is 1. The summed E-state index contributed by atoms with van der Waals surface area (Å²) in [6, 6.07) is 0. The van der Waals surface area contributed by atoms with Crippen molar-refractivity contribution in [3.8, 4) is 5.75 Å². The van der Waals surface area contributed by atoms with E-state index in [9.17, 15) is 31.1 Å². The maximum absolute atomic E-state index is 12.9. The Morgan fingerprint density at radius 1 is 1.25 bits per heavy atom. The summed E-state index contributed by atoms with van der Waals surface area (Å²) in [4.78, 5) is 14.3. The van der Waals surface area contributed by atoms with Crippen molar-refractivity contribution >= 4 is 28.6 Å². The molecular weight excluding hydrogens is 411 g/mol. The average molecular weight is 415 g/mol. The molecule has 0 aliphatic carbocycles. The fraction of sp³-hybridized carbons (Fsp3) is 0.333. The molecule has 11 heteroatoms. The van der Waals surface area contributed by atoms with Crippen LogP contribution in [0.3, 0.4) is 0 Å². The topological polar surface area (TPSA) is 48.4 Å². The Balaban J connectivity index is 3.59. The van der Waals surface area contributed by atoms with Crippen molar-refractivity contribution in [1.29, 1.82) is 0 Å². The van der Waals surface area contributed by atoms with Crippen molar-refractivity contribution in [2.45, 2.75) is 12.5 Å². The van der Waals surface area contributed by atoms with E-state index >= 15 is 0 Å². The summed E-state index contributed by atoms with van der Waals surface area (Å²) in [5.41, 5.74) is -3.24. The van der Waals surface area contributed by atoms with Crippen molar-refractivity contribution < 1.29 is 40.6 Å². The normalized spacial score (nSPS) is 12.2. The molecular formula is C9H4F6INO3. The Hall–Kier alpha value is -1.27. The maximum atomic E-state index is 12.9. The molecule has 1 aromatic rings. The highest BCUT2D eigenvalue weighted by Gasteiger charge is 2.44. The van der Waals surface area contributed by atoms with Crippen molar-refractivity contribution in [1.82, 2.24) is 4.98 Å². The molecule has 0 aliphatic heterocycles. The Morgan fingerprint density at radius 3 is 2.20 bits per heavy atom. The minimum atomic E-state index is -5.35. The summed E-state index contributed by atoms with van der Waals surface area (Å²) in [6.07, 6.45) is -9.99. The number of alkyl halides is 6. The number of ether oxygens (including phenoxy) is 2. The fourth-order valence-corrected chi connectivity index (χ4v) is 1.72. The lowest BCUT2D eigenvalue weighted by molar-refractivity contribution is -0.276. The Bertz CT molecular complexity index is 528. The summed E-state index contributed by atoms with van der Waals surface area (Å²) >= 11 is 1.18. The molecule has 0 aromatic carbocycles. The van der Waals surface area contributed by atoms with Crippen molar-refractivity contribution in [2.75, 3.05) is 7.11 Å². The lowest BCUT2D eigenvalue weighted by atomic mass is 10.1. The van der Waals surface area contributed by atoms with E-state index in [1.165, 1.54) is 22.6 Å². The van der Waals surface area contributed by atoms with Crippen LogP contribution in [0.4, 0.5) is 26.3 Å². The van der Waals surface area contributed by atoms with Crippen LogP contribution in [0.25, 0.3) is 0 Å². The van der Waals surface area contributed by atoms with E-state index in [0.29, 0.717) is 6.20 Å². The number of rotatable bonds is 2. The molecule has 0 saturated carbocycles. The number of esters is 1. The molecule has 20 heavy (non-hydrogen) atoms. The third kappa shape index (κ3) is 3.86. The number of aromatic nitrogens is 1. The molecule has 0 atom stereocenters. The predicted molar refractivity (Wildman–Crippen MR) is 60.0 cm³/mol. The molecule has 0 radical (unpaired) electrons. The molecule has 1 rings (SSSR count). The molecule has 1 heterocycles. The van der Waals surface area contributed by atoms with Crippen LogP contribution >= 0.6 is 22.6 Å². The summed E-state index contributed by atoms with van der Waals surface area (Å²) in [7, 11) is 0.770. The third-order valence-electron chi connectivity index (χ3n) is 1.87. The number of nitrogens with zero attached hydrogens (tertiary/aromatic N) is 1. The zero-order chi connectivity index (χ0) is 15.7. The van der Waals surface area contributed by atoms with Gasteiger partial charge in [0.2, 0.25) is 0 Å². The molecule has 112 valence electrons. The van der Waals surface area contributed by atoms with Crippen LogP contribution in [-0.4, -0.2) is 24.4 Å². The average Bonchev–Trinajstić information content (AvgIpc) is 2.27. The second kappa shape index (κ2) is 5.61. The second-order valence-corrected chi connectivity index (χ2v) is 4.36. The minimum Gasteiger partial charge on any atom is -0.464 e. The fourth-order valence-electron chi connectivity index (χ4n) is 1.20. The first-order chi connectivity index (χ1) is 8.97. The first kappa shape index (κ1) is 16.8. The highest BCUT2D eigenvalue weighted by Crippen LogP contribution is 2.42. The van der Waals surface area contributed by atoms with E-state index < -0.39 is 39.1 Å². The molecule has 0 saturated heterocycles. The van der Waals surface area contributed by atoms with Crippen LogP contribution in [0.15, 0.2) is 6.20 Å². The molecule has 0 N–H and O–H groups in total. The van der Waals surface area contributed by atoms with Gasteiger partial charge in [-0.05, 0) is 22.6 Å². The van der Waals surface area contributed by atoms with Gasteiger partial charge in [-0.25, -0.2) is 9.78 Å². The minimum absolute atomic E-state index is 0.556. The quantitative estimate of drug-likeness (QED) is 0.423. The second-order valence-electron chi connectivity index (χ2n) is 3.20. The number of carbonyl (C=O) groups is 1. The van der Waals surface area contributed by atoms with E-state index in [-0.39, 0.29) is 0 Å². The first-order valence-electron chi connectivity index (χ1n) is 4.57. The standard InChI is InChI=1S/C9H4F6INO3/c1-19-7(18)5-4(8(10,11)12)6(3(16)2-17-5)20-9(13,14)15/h2H,1H3. The molecule has 1 aromatic heterocycles. The molecule has 0 amide bonds.